The maximum absolute atomic E-state index is 12.9. The highest BCUT2D eigenvalue weighted by Crippen LogP contribution is 2.09. The molecule has 0 atom stereocenters. The van der Waals surface area contributed by atoms with E-state index in [1.807, 2.05) is 0 Å². The molecule has 0 spiro atoms. The van der Waals surface area contributed by atoms with Crippen LogP contribution in [-0.4, -0.2) is 4.40 Å². The van der Waals surface area contributed by atoms with Crippen molar-refractivity contribution in [3.63, 3.8) is 0 Å². The number of nitrogens with zero attached hydrogens (tertiary/aromatic N) is 1. The van der Waals surface area contributed by atoms with Crippen LogP contribution in [-0.2, 0) is 6.54 Å². The van der Waals surface area contributed by atoms with Crippen LogP contribution >= 0.6 is 0 Å². The first-order valence-electron chi connectivity index (χ1n) is 4.22. The molecule has 0 amide bonds. The predicted octanol–water partition coefficient (Wildman–Crippen LogP) is 0.897. The molecule has 0 aliphatic rings. The van der Waals surface area contributed by atoms with Crippen molar-refractivity contribution < 1.29 is 4.39 Å². The molecule has 2 N–H and O–H groups in total. The van der Waals surface area contributed by atoms with Crippen molar-refractivity contribution in [1.82, 2.24) is 4.40 Å². The molecular formula is C10H9FN2O. The van der Waals surface area contributed by atoms with Gasteiger partial charge in [0.2, 0.25) is 0 Å². The Morgan fingerprint density at radius 1 is 1.36 bits per heavy atom. The normalized spacial score (nSPS) is 10.7. The van der Waals surface area contributed by atoms with Gasteiger partial charge in [0, 0.05) is 18.8 Å². The summed E-state index contributed by atoms with van der Waals surface area (Å²) in [6, 6.07) is 5.60. The lowest BCUT2D eigenvalue weighted by molar-refractivity contribution is 0.626. The molecule has 0 bridgehead atoms. The first-order valence-corrected chi connectivity index (χ1v) is 4.22. The zero-order chi connectivity index (χ0) is 10.1. The van der Waals surface area contributed by atoms with Gasteiger partial charge in [0.25, 0.3) is 5.56 Å². The van der Waals surface area contributed by atoms with Gasteiger partial charge in [-0.2, -0.15) is 0 Å². The standard InChI is InChI=1S/C10H9FN2O/c11-8-3-4-13-9(5-8)7(6-12)1-2-10(13)14/h1-5H,6,12H2. The van der Waals surface area contributed by atoms with Gasteiger partial charge in [-0.25, -0.2) is 4.39 Å². The molecule has 2 aromatic heterocycles. The summed E-state index contributed by atoms with van der Waals surface area (Å²) in [5, 5.41) is 0. The summed E-state index contributed by atoms with van der Waals surface area (Å²) in [5.74, 6) is -0.370. The van der Waals surface area contributed by atoms with Crippen LogP contribution in [0.2, 0.25) is 0 Å². The van der Waals surface area contributed by atoms with E-state index in [4.69, 9.17) is 5.73 Å². The molecule has 2 rings (SSSR count). The van der Waals surface area contributed by atoms with E-state index >= 15 is 0 Å². The van der Waals surface area contributed by atoms with Crippen LogP contribution in [0.3, 0.4) is 0 Å². The Morgan fingerprint density at radius 2 is 2.14 bits per heavy atom. The number of rotatable bonds is 1. The quantitative estimate of drug-likeness (QED) is 0.729. The van der Waals surface area contributed by atoms with Crippen LogP contribution in [0.1, 0.15) is 5.56 Å². The highest BCUT2D eigenvalue weighted by molar-refractivity contribution is 5.54. The third kappa shape index (κ3) is 1.29. The lowest BCUT2D eigenvalue weighted by Gasteiger charge is -2.04. The number of nitrogens with two attached hydrogens (primary N) is 1. The molecule has 72 valence electrons. The van der Waals surface area contributed by atoms with E-state index < -0.39 is 0 Å². The Balaban J connectivity index is 2.92. The van der Waals surface area contributed by atoms with Gasteiger partial charge in [-0.15, -0.1) is 0 Å². The molecular weight excluding hydrogens is 183 g/mol. The molecule has 2 heterocycles. The number of fused-ring (bicyclic) bond motifs is 1. The average molecular weight is 192 g/mol. The Morgan fingerprint density at radius 3 is 2.86 bits per heavy atom. The van der Waals surface area contributed by atoms with Crippen LogP contribution in [0, 0.1) is 5.82 Å². The Labute approximate surface area is 79.6 Å². The number of aromatic nitrogens is 1. The van der Waals surface area contributed by atoms with Crippen LogP contribution < -0.4 is 11.3 Å². The van der Waals surface area contributed by atoms with E-state index in [2.05, 4.69) is 0 Å². The number of hydrogen-bond acceptors (Lipinski definition) is 2. The Kier molecular flexibility index (Phi) is 2.05. The summed E-state index contributed by atoms with van der Waals surface area (Å²) in [6.45, 7) is 0.285. The summed E-state index contributed by atoms with van der Waals surface area (Å²) in [7, 11) is 0. The predicted molar refractivity (Wildman–Crippen MR) is 51.5 cm³/mol. The lowest BCUT2D eigenvalue weighted by atomic mass is 10.2. The zero-order valence-electron chi connectivity index (χ0n) is 7.40. The van der Waals surface area contributed by atoms with Crippen molar-refractivity contribution in [3.05, 3.63) is 52.2 Å². The van der Waals surface area contributed by atoms with Gasteiger partial charge in [-0.3, -0.25) is 9.20 Å². The van der Waals surface area contributed by atoms with E-state index in [0.29, 0.717) is 5.52 Å². The fourth-order valence-corrected chi connectivity index (χ4v) is 1.42. The van der Waals surface area contributed by atoms with Crippen molar-refractivity contribution in [2.45, 2.75) is 6.54 Å². The number of pyridine rings is 2. The molecule has 0 radical (unpaired) electrons. The fourth-order valence-electron chi connectivity index (χ4n) is 1.42. The second kappa shape index (κ2) is 3.23. The third-order valence-corrected chi connectivity index (χ3v) is 2.13. The second-order valence-corrected chi connectivity index (χ2v) is 3.00. The van der Waals surface area contributed by atoms with E-state index in [-0.39, 0.29) is 17.9 Å². The van der Waals surface area contributed by atoms with Gasteiger partial charge in [0.15, 0.2) is 0 Å². The van der Waals surface area contributed by atoms with Crippen molar-refractivity contribution >= 4 is 5.52 Å². The van der Waals surface area contributed by atoms with Crippen molar-refractivity contribution in [2.75, 3.05) is 0 Å². The smallest absolute Gasteiger partial charge is 0.255 e. The molecule has 0 fully saturated rings. The van der Waals surface area contributed by atoms with E-state index in [9.17, 15) is 9.18 Å². The van der Waals surface area contributed by atoms with Crippen LogP contribution in [0.5, 0.6) is 0 Å². The lowest BCUT2D eigenvalue weighted by Crippen LogP contribution is -2.14. The topological polar surface area (TPSA) is 47.5 Å². The molecule has 0 aliphatic carbocycles. The van der Waals surface area contributed by atoms with Crippen molar-refractivity contribution in [1.29, 1.82) is 0 Å². The van der Waals surface area contributed by atoms with Gasteiger partial charge in [0.05, 0.1) is 5.52 Å². The molecule has 0 aliphatic heterocycles. The Hall–Kier alpha value is -1.68. The SMILES string of the molecule is NCc1ccc(=O)n2ccc(F)cc12. The first kappa shape index (κ1) is 8.90. The summed E-state index contributed by atoms with van der Waals surface area (Å²) < 4.78 is 14.3. The zero-order valence-corrected chi connectivity index (χ0v) is 7.40. The van der Waals surface area contributed by atoms with Crippen LogP contribution in [0.25, 0.3) is 5.52 Å². The molecule has 0 aromatic carbocycles. The Bertz CT molecular complexity index is 533. The van der Waals surface area contributed by atoms with Gasteiger partial charge in [0.1, 0.15) is 5.82 Å². The van der Waals surface area contributed by atoms with Gasteiger partial charge in [-0.05, 0) is 17.7 Å². The summed E-state index contributed by atoms with van der Waals surface area (Å²) >= 11 is 0. The molecule has 14 heavy (non-hydrogen) atoms. The molecule has 0 unspecified atom stereocenters. The highest BCUT2D eigenvalue weighted by Gasteiger charge is 2.02. The maximum Gasteiger partial charge on any atom is 0.255 e. The highest BCUT2D eigenvalue weighted by atomic mass is 19.1. The number of hydrogen-bond donors (Lipinski definition) is 1. The van der Waals surface area contributed by atoms with E-state index in [0.717, 1.165) is 5.56 Å². The average Bonchev–Trinajstić information content (AvgIpc) is 2.18. The van der Waals surface area contributed by atoms with Gasteiger partial charge in [-0.1, -0.05) is 6.07 Å². The summed E-state index contributed by atoms with van der Waals surface area (Å²) in [5.41, 5.74) is 6.58. The monoisotopic (exact) mass is 192 g/mol. The summed E-state index contributed by atoms with van der Waals surface area (Å²) in [6.07, 6.45) is 1.41. The minimum absolute atomic E-state index is 0.183. The number of halogens is 1. The minimum Gasteiger partial charge on any atom is -0.326 e. The molecule has 2 aromatic rings. The largest absolute Gasteiger partial charge is 0.326 e. The summed E-state index contributed by atoms with van der Waals surface area (Å²) in [4.78, 5) is 11.4. The van der Waals surface area contributed by atoms with E-state index in [1.54, 1.807) is 6.07 Å². The van der Waals surface area contributed by atoms with Crippen molar-refractivity contribution in [2.24, 2.45) is 5.73 Å². The first-order chi connectivity index (χ1) is 6.72. The second-order valence-electron chi connectivity index (χ2n) is 3.00. The maximum atomic E-state index is 12.9. The third-order valence-electron chi connectivity index (χ3n) is 2.13. The van der Waals surface area contributed by atoms with Crippen molar-refractivity contribution in [3.8, 4) is 0 Å². The van der Waals surface area contributed by atoms with E-state index in [1.165, 1.54) is 28.8 Å². The van der Waals surface area contributed by atoms with Crippen LogP contribution in [0.4, 0.5) is 4.39 Å². The molecule has 3 nitrogen and oxygen atoms in total. The molecule has 4 heteroatoms. The minimum atomic E-state index is -0.370. The van der Waals surface area contributed by atoms with Gasteiger partial charge >= 0.3 is 0 Å². The van der Waals surface area contributed by atoms with Crippen LogP contribution in [0.15, 0.2) is 35.3 Å². The molecule has 0 saturated heterocycles. The fraction of sp³-hybridized carbons (Fsp3) is 0.100. The van der Waals surface area contributed by atoms with Gasteiger partial charge < -0.3 is 5.73 Å². The molecule has 0 saturated carbocycles.